The number of halogens is 1. The van der Waals surface area contributed by atoms with Gasteiger partial charge in [0.25, 0.3) is 0 Å². The Morgan fingerprint density at radius 1 is 0.970 bits per heavy atom. The van der Waals surface area contributed by atoms with E-state index in [1.807, 2.05) is 60.7 Å². The number of ether oxygens (including phenoxy) is 2. The van der Waals surface area contributed by atoms with Crippen LogP contribution in [-0.2, 0) is 6.61 Å². The highest BCUT2D eigenvalue weighted by Crippen LogP contribution is 2.24. The smallest absolute Gasteiger partial charge is 0.185 e. The summed E-state index contributed by atoms with van der Waals surface area (Å²) in [6, 6.07) is 20.9. The first-order chi connectivity index (χ1) is 16.1. The minimum atomic E-state index is -0.0185. The molecule has 5 heteroatoms. The Hall–Kier alpha value is -3.24. The molecule has 1 heterocycles. The highest BCUT2D eigenvalue weighted by Gasteiger charge is 2.11. The molecule has 0 aliphatic carbocycles. The molecule has 170 valence electrons. The van der Waals surface area contributed by atoms with Crippen LogP contribution in [0, 0.1) is 0 Å². The largest absolute Gasteiger partial charge is 0.496 e. The number of methoxy groups -OCH3 is 1. The first-order valence-corrected chi connectivity index (χ1v) is 11.6. The summed E-state index contributed by atoms with van der Waals surface area (Å²) in [5, 5.41) is 0.665. The maximum absolute atomic E-state index is 12.7. The lowest BCUT2D eigenvalue weighted by atomic mass is 10.1. The van der Waals surface area contributed by atoms with Gasteiger partial charge in [-0.15, -0.1) is 0 Å². The van der Waals surface area contributed by atoms with Gasteiger partial charge in [0, 0.05) is 34.9 Å². The minimum absolute atomic E-state index is 0.0185. The normalized spacial score (nSPS) is 13.8. The fourth-order valence-electron chi connectivity index (χ4n) is 3.96. The molecule has 4 nitrogen and oxygen atoms in total. The zero-order chi connectivity index (χ0) is 23.0. The standard InChI is InChI=1S/C28H28ClNO3/c1-32-28-16-6-21(19-23(28)20-33-26-13-9-24(29)10-14-26)5-15-27(31)22-7-11-25(12-8-22)30-17-3-2-4-18-30/h5-16,19H,2-4,17-18,20H2,1H3/b15-5+. The van der Waals surface area contributed by atoms with E-state index in [0.717, 1.165) is 35.7 Å². The Bertz CT molecular complexity index is 1100. The Kier molecular flexibility index (Phi) is 7.69. The summed E-state index contributed by atoms with van der Waals surface area (Å²) < 4.78 is 11.3. The van der Waals surface area contributed by atoms with Crippen molar-refractivity contribution in [2.45, 2.75) is 25.9 Å². The lowest BCUT2D eigenvalue weighted by Crippen LogP contribution is -2.29. The number of hydrogen-bond donors (Lipinski definition) is 0. The van der Waals surface area contributed by atoms with Gasteiger partial charge in [-0.05, 0) is 91.6 Å². The number of allylic oxidation sites excluding steroid dienone is 1. The number of hydrogen-bond acceptors (Lipinski definition) is 4. The number of piperidine rings is 1. The van der Waals surface area contributed by atoms with Crippen molar-refractivity contribution in [2.24, 2.45) is 0 Å². The zero-order valence-electron chi connectivity index (χ0n) is 18.8. The minimum Gasteiger partial charge on any atom is -0.496 e. The van der Waals surface area contributed by atoms with Crippen molar-refractivity contribution in [3.63, 3.8) is 0 Å². The van der Waals surface area contributed by atoms with Crippen LogP contribution in [0.15, 0.2) is 72.8 Å². The average Bonchev–Trinajstić information content (AvgIpc) is 2.87. The van der Waals surface area contributed by atoms with E-state index >= 15 is 0 Å². The van der Waals surface area contributed by atoms with Crippen LogP contribution >= 0.6 is 11.6 Å². The molecule has 0 saturated carbocycles. The Balaban J connectivity index is 1.41. The second-order valence-corrected chi connectivity index (χ2v) is 8.54. The van der Waals surface area contributed by atoms with Gasteiger partial charge in [-0.2, -0.15) is 0 Å². The number of nitrogens with zero attached hydrogens (tertiary/aromatic N) is 1. The van der Waals surface area contributed by atoms with Crippen LogP contribution in [0.1, 0.15) is 40.7 Å². The number of anilines is 1. The Morgan fingerprint density at radius 2 is 1.70 bits per heavy atom. The van der Waals surface area contributed by atoms with E-state index in [4.69, 9.17) is 21.1 Å². The van der Waals surface area contributed by atoms with E-state index in [1.165, 1.54) is 24.9 Å². The maximum atomic E-state index is 12.7. The molecule has 0 amide bonds. The van der Waals surface area contributed by atoms with Crippen LogP contribution in [0.25, 0.3) is 6.08 Å². The summed E-state index contributed by atoms with van der Waals surface area (Å²) in [6.45, 7) is 2.53. The van der Waals surface area contributed by atoms with Gasteiger partial charge in [-0.1, -0.05) is 23.7 Å². The van der Waals surface area contributed by atoms with Gasteiger partial charge in [-0.25, -0.2) is 0 Å². The quantitative estimate of drug-likeness (QED) is 0.272. The predicted molar refractivity (Wildman–Crippen MR) is 135 cm³/mol. The molecule has 0 unspecified atom stereocenters. The molecule has 33 heavy (non-hydrogen) atoms. The second-order valence-electron chi connectivity index (χ2n) is 8.11. The predicted octanol–water partition coefficient (Wildman–Crippen LogP) is 6.81. The van der Waals surface area contributed by atoms with E-state index in [0.29, 0.717) is 17.2 Å². The number of carbonyl (C=O) groups is 1. The number of rotatable bonds is 8. The number of carbonyl (C=O) groups excluding carboxylic acids is 1. The van der Waals surface area contributed by atoms with Crippen LogP contribution < -0.4 is 14.4 Å². The molecule has 3 aromatic carbocycles. The van der Waals surface area contributed by atoms with Crippen LogP contribution in [-0.4, -0.2) is 26.0 Å². The highest BCUT2D eigenvalue weighted by atomic mass is 35.5. The summed E-state index contributed by atoms with van der Waals surface area (Å²) in [5.74, 6) is 1.45. The number of ketones is 1. The van der Waals surface area contributed by atoms with Crippen molar-refractivity contribution in [1.29, 1.82) is 0 Å². The summed E-state index contributed by atoms with van der Waals surface area (Å²) in [6.07, 6.45) is 7.21. The fourth-order valence-corrected chi connectivity index (χ4v) is 4.09. The van der Waals surface area contributed by atoms with Crippen molar-refractivity contribution < 1.29 is 14.3 Å². The fraction of sp³-hybridized carbons (Fsp3) is 0.250. The van der Waals surface area contributed by atoms with Crippen molar-refractivity contribution in [1.82, 2.24) is 0 Å². The molecule has 1 fully saturated rings. The lowest BCUT2D eigenvalue weighted by molar-refractivity contribution is 0.104. The topological polar surface area (TPSA) is 38.8 Å². The first-order valence-electron chi connectivity index (χ1n) is 11.2. The first kappa shape index (κ1) is 22.9. The second kappa shape index (κ2) is 11.1. The van der Waals surface area contributed by atoms with Gasteiger partial charge < -0.3 is 14.4 Å². The van der Waals surface area contributed by atoms with Gasteiger partial charge in [0.1, 0.15) is 18.1 Å². The zero-order valence-corrected chi connectivity index (χ0v) is 19.6. The van der Waals surface area contributed by atoms with Crippen LogP contribution in [0.5, 0.6) is 11.5 Å². The molecule has 1 aliphatic rings. The van der Waals surface area contributed by atoms with Crippen molar-refractivity contribution in [3.8, 4) is 11.5 Å². The average molecular weight is 462 g/mol. The molecule has 0 bridgehead atoms. The summed E-state index contributed by atoms with van der Waals surface area (Å²) >= 11 is 5.93. The maximum Gasteiger partial charge on any atom is 0.185 e. The summed E-state index contributed by atoms with van der Waals surface area (Å²) in [5.41, 5.74) is 3.68. The van der Waals surface area contributed by atoms with Crippen molar-refractivity contribution in [3.05, 3.63) is 94.5 Å². The molecule has 1 aliphatic heterocycles. The van der Waals surface area contributed by atoms with E-state index in [-0.39, 0.29) is 5.78 Å². The summed E-state index contributed by atoms with van der Waals surface area (Å²) in [4.78, 5) is 15.1. The van der Waals surface area contributed by atoms with Crippen LogP contribution in [0.3, 0.4) is 0 Å². The van der Waals surface area contributed by atoms with E-state index in [1.54, 1.807) is 25.3 Å². The van der Waals surface area contributed by atoms with Crippen LogP contribution in [0.4, 0.5) is 5.69 Å². The lowest BCUT2D eigenvalue weighted by Gasteiger charge is -2.28. The third-order valence-corrected chi connectivity index (χ3v) is 6.06. The highest BCUT2D eigenvalue weighted by molar-refractivity contribution is 6.30. The molecule has 0 aromatic heterocycles. The van der Waals surface area contributed by atoms with E-state index in [9.17, 15) is 4.79 Å². The SMILES string of the molecule is COc1ccc(/C=C/C(=O)c2ccc(N3CCCCC3)cc2)cc1COc1ccc(Cl)cc1. The van der Waals surface area contributed by atoms with Gasteiger partial charge >= 0.3 is 0 Å². The monoisotopic (exact) mass is 461 g/mol. The van der Waals surface area contributed by atoms with Crippen molar-refractivity contribution >= 4 is 29.1 Å². The molecule has 3 aromatic rings. The third kappa shape index (κ3) is 6.17. The Morgan fingerprint density at radius 3 is 2.39 bits per heavy atom. The number of benzene rings is 3. The van der Waals surface area contributed by atoms with Gasteiger partial charge in [0.2, 0.25) is 0 Å². The van der Waals surface area contributed by atoms with Crippen molar-refractivity contribution in [2.75, 3.05) is 25.1 Å². The molecule has 0 N–H and O–H groups in total. The van der Waals surface area contributed by atoms with Gasteiger partial charge in [0.15, 0.2) is 5.78 Å². The van der Waals surface area contributed by atoms with Gasteiger partial charge in [-0.3, -0.25) is 4.79 Å². The molecule has 0 atom stereocenters. The molecule has 1 saturated heterocycles. The summed E-state index contributed by atoms with van der Waals surface area (Å²) in [7, 11) is 1.63. The van der Waals surface area contributed by atoms with E-state index in [2.05, 4.69) is 4.90 Å². The molecular formula is C28H28ClNO3. The van der Waals surface area contributed by atoms with Crippen LogP contribution in [0.2, 0.25) is 5.02 Å². The Labute approximate surface area is 200 Å². The van der Waals surface area contributed by atoms with E-state index < -0.39 is 0 Å². The molecule has 0 radical (unpaired) electrons. The molecule has 0 spiro atoms. The molecule has 4 rings (SSSR count). The third-order valence-electron chi connectivity index (χ3n) is 5.81. The van der Waals surface area contributed by atoms with Gasteiger partial charge in [0.05, 0.1) is 7.11 Å². The molecular weight excluding hydrogens is 434 g/mol.